The Morgan fingerprint density at radius 3 is 2.75 bits per heavy atom. The highest BCUT2D eigenvalue weighted by molar-refractivity contribution is 4.80. The molecule has 2 saturated heterocycles. The summed E-state index contributed by atoms with van der Waals surface area (Å²) in [6.07, 6.45) is 4.23. The summed E-state index contributed by atoms with van der Waals surface area (Å²) < 4.78 is 0. The van der Waals surface area contributed by atoms with Crippen LogP contribution in [0.5, 0.6) is 0 Å². The van der Waals surface area contributed by atoms with E-state index >= 15 is 0 Å². The van der Waals surface area contributed by atoms with E-state index in [2.05, 4.69) is 29.2 Å². The van der Waals surface area contributed by atoms with Crippen molar-refractivity contribution in [2.24, 2.45) is 11.8 Å². The van der Waals surface area contributed by atoms with Gasteiger partial charge in [-0.25, -0.2) is 0 Å². The molecule has 0 aliphatic carbocycles. The monoisotopic (exact) mass is 225 g/mol. The van der Waals surface area contributed by atoms with Gasteiger partial charge in [0.15, 0.2) is 0 Å². The van der Waals surface area contributed by atoms with Crippen LogP contribution in [0.25, 0.3) is 0 Å². The SMILES string of the molecule is CNCC1CCN(CC2CCCN(C)C2)C1. The highest BCUT2D eigenvalue weighted by atomic mass is 15.2. The summed E-state index contributed by atoms with van der Waals surface area (Å²) in [6.45, 7) is 7.80. The number of nitrogens with zero attached hydrogens (tertiary/aromatic N) is 2. The molecule has 0 radical (unpaired) electrons. The first-order valence-corrected chi connectivity index (χ1v) is 6.83. The lowest BCUT2D eigenvalue weighted by atomic mass is 9.98. The fraction of sp³-hybridized carbons (Fsp3) is 1.00. The van der Waals surface area contributed by atoms with E-state index in [4.69, 9.17) is 0 Å². The van der Waals surface area contributed by atoms with Crippen molar-refractivity contribution in [3.63, 3.8) is 0 Å². The predicted octanol–water partition coefficient (Wildman–Crippen LogP) is 0.870. The Kier molecular flexibility index (Phi) is 4.62. The fourth-order valence-electron chi connectivity index (χ4n) is 3.32. The van der Waals surface area contributed by atoms with Crippen LogP contribution in [0.2, 0.25) is 0 Å². The van der Waals surface area contributed by atoms with Crippen molar-refractivity contribution in [1.29, 1.82) is 0 Å². The fourth-order valence-corrected chi connectivity index (χ4v) is 3.32. The first-order valence-electron chi connectivity index (χ1n) is 6.83. The number of hydrogen-bond acceptors (Lipinski definition) is 3. The maximum absolute atomic E-state index is 3.31. The molecular formula is C13H27N3. The Hall–Kier alpha value is -0.120. The average molecular weight is 225 g/mol. The molecule has 94 valence electrons. The van der Waals surface area contributed by atoms with Crippen molar-refractivity contribution in [3.05, 3.63) is 0 Å². The molecule has 16 heavy (non-hydrogen) atoms. The number of nitrogens with one attached hydrogen (secondary N) is 1. The molecule has 3 nitrogen and oxygen atoms in total. The van der Waals surface area contributed by atoms with Gasteiger partial charge >= 0.3 is 0 Å². The van der Waals surface area contributed by atoms with Crippen molar-refractivity contribution >= 4 is 0 Å². The Morgan fingerprint density at radius 2 is 2.00 bits per heavy atom. The molecule has 2 unspecified atom stereocenters. The molecule has 1 N–H and O–H groups in total. The highest BCUT2D eigenvalue weighted by Gasteiger charge is 2.25. The van der Waals surface area contributed by atoms with E-state index in [9.17, 15) is 0 Å². The second-order valence-corrected chi connectivity index (χ2v) is 5.74. The van der Waals surface area contributed by atoms with E-state index in [0.717, 1.165) is 11.8 Å². The van der Waals surface area contributed by atoms with Crippen LogP contribution in [0.3, 0.4) is 0 Å². The minimum absolute atomic E-state index is 0.895. The van der Waals surface area contributed by atoms with Crippen LogP contribution in [0.15, 0.2) is 0 Å². The molecule has 0 bridgehead atoms. The zero-order valence-electron chi connectivity index (χ0n) is 10.9. The van der Waals surface area contributed by atoms with E-state index in [0.29, 0.717) is 0 Å². The molecule has 2 aliphatic heterocycles. The Labute approximate surface area is 100 Å². The smallest absolute Gasteiger partial charge is 0.00224 e. The van der Waals surface area contributed by atoms with Gasteiger partial charge in [0.05, 0.1) is 0 Å². The van der Waals surface area contributed by atoms with Crippen LogP contribution < -0.4 is 5.32 Å². The summed E-state index contributed by atoms with van der Waals surface area (Å²) in [5.74, 6) is 1.82. The summed E-state index contributed by atoms with van der Waals surface area (Å²) in [6, 6.07) is 0. The molecule has 0 spiro atoms. The van der Waals surface area contributed by atoms with Gasteiger partial charge in [-0.2, -0.15) is 0 Å². The molecular weight excluding hydrogens is 198 g/mol. The molecule has 0 saturated carbocycles. The van der Waals surface area contributed by atoms with E-state index < -0.39 is 0 Å². The lowest BCUT2D eigenvalue weighted by Crippen LogP contribution is -2.38. The minimum Gasteiger partial charge on any atom is -0.319 e. The lowest BCUT2D eigenvalue weighted by molar-refractivity contribution is 0.164. The van der Waals surface area contributed by atoms with Gasteiger partial charge in [0, 0.05) is 19.6 Å². The van der Waals surface area contributed by atoms with Crippen LogP contribution >= 0.6 is 0 Å². The maximum Gasteiger partial charge on any atom is 0.00224 e. The van der Waals surface area contributed by atoms with E-state index in [1.165, 1.54) is 58.5 Å². The first kappa shape index (κ1) is 12.3. The van der Waals surface area contributed by atoms with Crippen LogP contribution in [0.1, 0.15) is 19.3 Å². The van der Waals surface area contributed by atoms with Gasteiger partial charge < -0.3 is 15.1 Å². The van der Waals surface area contributed by atoms with Crippen LogP contribution in [-0.4, -0.2) is 63.2 Å². The summed E-state index contributed by atoms with van der Waals surface area (Å²) in [5.41, 5.74) is 0. The van der Waals surface area contributed by atoms with E-state index in [1.807, 2.05) is 0 Å². The zero-order valence-corrected chi connectivity index (χ0v) is 10.9. The summed E-state index contributed by atoms with van der Waals surface area (Å²) >= 11 is 0. The third kappa shape index (κ3) is 3.44. The zero-order chi connectivity index (χ0) is 11.4. The number of piperidine rings is 1. The Bertz CT molecular complexity index is 207. The van der Waals surface area contributed by atoms with Crippen LogP contribution in [-0.2, 0) is 0 Å². The number of hydrogen-bond donors (Lipinski definition) is 1. The minimum atomic E-state index is 0.895. The molecule has 0 amide bonds. The van der Waals surface area contributed by atoms with Crippen molar-refractivity contribution in [2.75, 3.05) is 53.4 Å². The molecule has 2 heterocycles. The van der Waals surface area contributed by atoms with Crippen molar-refractivity contribution in [1.82, 2.24) is 15.1 Å². The summed E-state index contributed by atoms with van der Waals surface area (Å²) in [7, 11) is 4.33. The van der Waals surface area contributed by atoms with Crippen LogP contribution in [0, 0.1) is 11.8 Å². The molecule has 2 rings (SSSR count). The van der Waals surface area contributed by atoms with Gasteiger partial charge in [-0.05, 0) is 64.8 Å². The van der Waals surface area contributed by atoms with Gasteiger partial charge in [0.2, 0.25) is 0 Å². The average Bonchev–Trinajstić information content (AvgIpc) is 2.66. The van der Waals surface area contributed by atoms with Gasteiger partial charge in [-0.1, -0.05) is 0 Å². The van der Waals surface area contributed by atoms with Crippen molar-refractivity contribution in [3.8, 4) is 0 Å². The first-order chi connectivity index (χ1) is 7.78. The molecule has 0 aromatic rings. The van der Waals surface area contributed by atoms with E-state index in [-0.39, 0.29) is 0 Å². The topological polar surface area (TPSA) is 18.5 Å². The number of likely N-dealkylation sites (tertiary alicyclic amines) is 2. The Balaban J connectivity index is 1.70. The summed E-state index contributed by atoms with van der Waals surface area (Å²) in [5, 5.41) is 3.31. The molecule has 2 atom stereocenters. The lowest BCUT2D eigenvalue weighted by Gasteiger charge is -2.32. The van der Waals surface area contributed by atoms with E-state index in [1.54, 1.807) is 0 Å². The molecule has 2 fully saturated rings. The maximum atomic E-state index is 3.31. The second kappa shape index (κ2) is 5.99. The molecule has 2 aliphatic rings. The number of rotatable bonds is 4. The standard InChI is InChI=1S/C13H27N3/c1-14-8-12-5-7-16(10-12)11-13-4-3-6-15(2)9-13/h12-14H,3-11H2,1-2H3. The third-order valence-corrected chi connectivity index (χ3v) is 4.10. The highest BCUT2D eigenvalue weighted by Crippen LogP contribution is 2.21. The Morgan fingerprint density at radius 1 is 1.12 bits per heavy atom. The third-order valence-electron chi connectivity index (χ3n) is 4.10. The van der Waals surface area contributed by atoms with Gasteiger partial charge in [0.1, 0.15) is 0 Å². The largest absolute Gasteiger partial charge is 0.319 e. The second-order valence-electron chi connectivity index (χ2n) is 5.74. The molecule has 3 heteroatoms. The summed E-state index contributed by atoms with van der Waals surface area (Å²) in [4.78, 5) is 5.18. The predicted molar refractivity (Wildman–Crippen MR) is 68.7 cm³/mol. The normalized spacial score (nSPS) is 33.4. The van der Waals surface area contributed by atoms with Crippen molar-refractivity contribution < 1.29 is 0 Å². The van der Waals surface area contributed by atoms with Gasteiger partial charge in [0.25, 0.3) is 0 Å². The molecule has 0 aromatic heterocycles. The van der Waals surface area contributed by atoms with Crippen molar-refractivity contribution in [2.45, 2.75) is 19.3 Å². The molecule has 0 aromatic carbocycles. The van der Waals surface area contributed by atoms with Crippen LogP contribution in [0.4, 0.5) is 0 Å². The quantitative estimate of drug-likeness (QED) is 0.766. The van der Waals surface area contributed by atoms with Gasteiger partial charge in [-0.15, -0.1) is 0 Å². The van der Waals surface area contributed by atoms with Gasteiger partial charge in [-0.3, -0.25) is 0 Å².